The minimum absolute atomic E-state index is 0.196. The fourth-order valence-corrected chi connectivity index (χ4v) is 6.25. The van der Waals surface area contributed by atoms with Crippen LogP contribution in [0.4, 0.5) is 0 Å². The molecular weight excluding hydrogens is 508 g/mol. The molecule has 1 aromatic heterocycles. The Kier molecular flexibility index (Phi) is 4.60. The van der Waals surface area contributed by atoms with Gasteiger partial charge in [0.15, 0.2) is 0 Å². The third-order valence-electron chi connectivity index (χ3n) is 7.99. The zero-order chi connectivity index (χ0) is 32.4. The van der Waals surface area contributed by atoms with E-state index >= 15 is 0 Å². The molecule has 8 aromatic rings. The first kappa shape index (κ1) is 19.6. The molecule has 0 fully saturated rings. The molecule has 0 aliphatic carbocycles. The molecule has 8 rings (SSSR count). The number of imidazole rings is 1. The summed E-state index contributed by atoms with van der Waals surface area (Å²) >= 11 is 0. The summed E-state index contributed by atoms with van der Waals surface area (Å²) in [4.78, 5) is 4.80. The average Bonchev–Trinajstić information content (AvgIpc) is 3.44. The van der Waals surface area contributed by atoms with Gasteiger partial charge in [0.1, 0.15) is 5.82 Å². The van der Waals surface area contributed by atoms with E-state index in [-0.39, 0.29) is 29.7 Å². The summed E-state index contributed by atoms with van der Waals surface area (Å²) in [6.45, 7) is 2.03. The molecule has 0 saturated carbocycles. The van der Waals surface area contributed by atoms with Crippen LogP contribution in [0.25, 0.3) is 71.6 Å². The summed E-state index contributed by atoms with van der Waals surface area (Å²) in [5.74, 6) is 0.924. The van der Waals surface area contributed by atoms with Gasteiger partial charge in [-0.25, -0.2) is 4.98 Å². The van der Waals surface area contributed by atoms with E-state index in [4.69, 9.17) is 11.8 Å². The Morgan fingerprint density at radius 2 is 1.07 bits per heavy atom. The third kappa shape index (κ3) is 3.92. The number of benzene rings is 7. The molecule has 0 amide bonds. The molecule has 0 atom stereocenters. The van der Waals surface area contributed by atoms with E-state index in [1.54, 1.807) is 0 Å². The molecule has 0 N–H and O–H groups in total. The lowest BCUT2D eigenvalue weighted by Crippen LogP contribution is -1.97. The molecule has 2 nitrogen and oxygen atoms in total. The smallest absolute Gasteiger partial charge is 0.111 e. The van der Waals surface area contributed by atoms with Gasteiger partial charge < -0.3 is 0 Å². The lowest BCUT2D eigenvalue weighted by atomic mass is 9.85. The minimum atomic E-state index is -0.395. The molecule has 2 heteroatoms. The van der Waals surface area contributed by atoms with Crippen molar-refractivity contribution >= 4 is 32.6 Å². The van der Waals surface area contributed by atoms with Gasteiger partial charge in [-0.15, -0.1) is 0 Å². The van der Waals surface area contributed by atoms with E-state index in [1.165, 1.54) is 0 Å². The van der Waals surface area contributed by atoms with E-state index in [9.17, 15) is 0 Å². The lowest BCUT2D eigenvalue weighted by molar-refractivity contribution is 1.00. The Balaban J connectivity index is 1.38. The summed E-state index contributed by atoms with van der Waals surface area (Å²) in [5, 5.41) is 4.32. The second-order valence-corrected chi connectivity index (χ2v) is 10.5. The maximum atomic E-state index is 8.58. The topological polar surface area (TPSA) is 17.8 Å². The number of rotatable bonds is 4. The Labute approximate surface area is 252 Å². The molecular formula is C40H28N2. The van der Waals surface area contributed by atoms with Crippen molar-refractivity contribution < 1.29 is 6.85 Å². The first-order valence-electron chi connectivity index (χ1n) is 16.5. The number of fused-ring (bicyclic) bond motifs is 3. The average molecular weight is 542 g/mol. The van der Waals surface area contributed by atoms with Gasteiger partial charge in [-0.1, -0.05) is 121 Å². The molecule has 0 spiro atoms. The number of para-hydroxylation sites is 2. The normalized spacial score (nSPS) is 13.1. The van der Waals surface area contributed by atoms with Crippen LogP contribution in [-0.2, 0) is 0 Å². The molecule has 1 heterocycles. The summed E-state index contributed by atoms with van der Waals surface area (Å²) < 4.78 is 43.9. The fourth-order valence-electron chi connectivity index (χ4n) is 6.25. The molecule has 198 valence electrons. The van der Waals surface area contributed by atoms with Crippen LogP contribution in [0.1, 0.15) is 12.7 Å². The maximum absolute atomic E-state index is 8.58. The highest BCUT2D eigenvalue weighted by molar-refractivity contribution is 6.21. The highest BCUT2D eigenvalue weighted by Gasteiger charge is 2.18. The molecule has 42 heavy (non-hydrogen) atoms. The quantitative estimate of drug-likeness (QED) is 0.203. The molecule has 0 aliphatic rings. The van der Waals surface area contributed by atoms with Gasteiger partial charge in [0, 0.05) is 5.69 Å². The molecule has 0 bridgehead atoms. The maximum Gasteiger partial charge on any atom is 0.111 e. The van der Waals surface area contributed by atoms with Crippen molar-refractivity contribution in [1.29, 1.82) is 0 Å². The number of hydrogen-bond donors (Lipinski definition) is 0. The number of aryl methyl sites for hydroxylation is 1. The van der Waals surface area contributed by atoms with Crippen LogP contribution in [0.3, 0.4) is 0 Å². The van der Waals surface area contributed by atoms with E-state index in [2.05, 4.69) is 71.3 Å². The third-order valence-corrected chi connectivity index (χ3v) is 7.99. The van der Waals surface area contributed by atoms with Crippen LogP contribution in [0.5, 0.6) is 0 Å². The summed E-state index contributed by atoms with van der Waals surface area (Å²) in [5.41, 5.74) is 7.99. The van der Waals surface area contributed by atoms with Gasteiger partial charge in [-0.05, 0) is 92.2 Å². The van der Waals surface area contributed by atoms with Gasteiger partial charge in [0.25, 0.3) is 0 Å². The Morgan fingerprint density at radius 1 is 0.524 bits per heavy atom. The van der Waals surface area contributed by atoms with Crippen LogP contribution in [0, 0.1) is 6.92 Å². The monoisotopic (exact) mass is 541 g/mol. The second-order valence-electron chi connectivity index (χ2n) is 10.5. The predicted molar refractivity (Wildman–Crippen MR) is 177 cm³/mol. The van der Waals surface area contributed by atoms with E-state index in [1.807, 2.05) is 61.5 Å². The zero-order valence-electron chi connectivity index (χ0n) is 27.9. The number of nitrogens with zero attached hydrogens (tertiary/aromatic N) is 2. The van der Waals surface area contributed by atoms with Gasteiger partial charge in [0.05, 0.1) is 17.9 Å². The van der Waals surface area contributed by atoms with Crippen LogP contribution in [0.2, 0.25) is 0 Å². The minimum Gasteiger partial charge on any atom is -0.297 e. The number of aromatic nitrogens is 2. The first-order chi connectivity index (χ1) is 22.8. The predicted octanol–water partition coefficient (Wildman–Crippen LogP) is 10.6. The summed E-state index contributed by atoms with van der Waals surface area (Å²) in [7, 11) is 0. The number of hydrogen-bond acceptors (Lipinski definition) is 1. The summed E-state index contributed by atoms with van der Waals surface area (Å²) in [6, 6.07) is 39.8. The van der Waals surface area contributed by atoms with E-state index in [0.717, 1.165) is 66.3 Å². The lowest BCUT2D eigenvalue weighted by Gasteiger charge is -2.19. The standard InChI is InChI=1S/C40H28N2/c1-27-41-37-23-9-10-24-38(37)42(27)32-18-12-17-31(26-32)40-35-21-7-5-19-33(35)39(34-20-6-8-22-36(34)40)30-16-11-15-29(25-30)28-13-3-2-4-14-28/h2-26H,1H3/i2D,3D,4D,13D,14D. The Bertz CT molecular complexity index is 2460. The Hall–Kier alpha value is -5.47. The molecule has 0 radical (unpaired) electrons. The summed E-state index contributed by atoms with van der Waals surface area (Å²) in [6.07, 6.45) is 0. The van der Waals surface area contributed by atoms with Crippen molar-refractivity contribution in [3.63, 3.8) is 0 Å². The van der Waals surface area contributed by atoms with Crippen LogP contribution < -0.4 is 0 Å². The highest BCUT2D eigenvalue weighted by atomic mass is 15.1. The second kappa shape index (κ2) is 9.87. The van der Waals surface area contributed by atoms with Crippen molar-refractivity contribution in [3.05, 3.63) is 157 Å². The van der Waals surface area contributed by atoms with Gasteiger partial charge in [-0.2, -0.15) is 0 Å². The van der Waals surface area contributed by atoms with Crippen molar-refractivity contribution in [1.82, 2.24) is 9.55 Å². The van der Waals surface area contributed by atoms with Crippen LogP contribution in [0.15, 0.2) is 152 Å². The fraction of sp³-hybridized carbons (Fsp3) is 0.0250. The zero-order valence-corrected chi connectivity index (χ0v) is 22.9. The Morgan fingerprint density at radius 3 is 1.74 bits per heavy atom. The van der Waals surface area contributed by atoms with Crippen LogP contribution >= 0.6 is 0 Å². The van der Waals surface area contributed by atoms with Gasteiger partial charge in [0.2, 0.25) is 0 Å². The highest BCUT2D eigenvalue weighted by Crippen LogP contribution is 2.44. The molecule has 0 saturated heterocycles. The largest absolute Gasteiger partial charge is 0.297 e. The SMILES string of the molecule is [2H]c1c([2H])c([2H])c(-c2cccc(-c3c4ccccc4c(-c4cccc(-n5c(C)nc6ccccc65)c4)c4ccccc34)c2)c([2H])c1[2H]. The van der Waals surface area contributed by atoms with E-state index in [0.29, 0.717) is 5.56 Å². The molecule has 7 aromatic carbocycles. The van der Waals surface area contributed by atoms with Crippen molar-refractivity contribution in [2.45, 2.75) is 6.92 Å². The van der Waals surface area contributed by atoms with Gasteiger partial charge in [-0.3, -0.25) is 4.57 Å². The van der Waals surface area contributed by atoms with Crippen molar-refractivity contribution in [2.75, 3.05) is 0 Å². The van der Waals surface area contributed by atoms with Crippen LogP contribution in [-0.4, -0.2) is 9.55 Å². The van der Waals surface area contributed by atoms with Crippen molar-refractivity contribution in [2.24, 2.45) is 0 Å². The first-order valence-corrected chi connectivity index (χ1v) is 14.0. The molecule has 0 unspecified atom stereocenters. The van der Waals surface area contributed by atoms with Crippen molar-refractivity contribution in [3.8, 4) is 39.1 Å². The van der Waals surface area contributed by atoms with E-state index < -0.39 is 6.04 Å². The molecule has 0 aliphatic heterocycles. The van der Waals surface area contributed by atoms with Gasteiger partial charge >= 0.3 is 0 Å².